The molecule has 0 saturated heterocycles. The van der Waals surface area contributed by atoms with Gasteiger partial charge < -0.3 is 31.3 Å². The molecule has 1 aromatic rings. The van der Waals surface area contributed by atoms with Crippen LogP contribution in [-0.2, 0) is 14.4 Å². The molecule has 11 heteroatoms. The summed E-state index contributed by atoms with van der Waals surface area (Å²) < 4.78 is 0. The van der Waals surface area contributed by atoms with Crippen LogP contribution in [0.2, 0.25) is 0 Å². The van der Waals surface area contributed by atoms with Gasteiger partial charge in [0.1, 0.15) is 12.1 Å². The molecule has 1 rings (SSSR count). The predicted molar refractivity (Wildman–Crippen MR) is 109 cm³/mol. The van der Waals surface area contributed by atoms with Crippen LogP contribution in [-0.4, -0.2) is 63.8 Å². The molecule has 31 heavy (non-hydrogen) atoms. The third-order valence-corrected chi connectivity index (χ3v) is 4.34. The van der Waals surface area contributed by atoms with E-state index >= 15 is 0 Å². The molecular weight excluding hydrogens is 410 g/mol. The van der Waals surface area contributed by atoms with Crippen LogP contribution in [0.4, 0.5) is 4.79 Å². The number of hydrogen-bond donors (Lipinski definition) is 6. The van der Waals surface area contributed by atoms with E-state index in [9.17, 15) is 29.1 Å². The van der Waals surface area contributed by atoms with Crippen molar-refractivity contribution in [2.24, 2.45) is 0 Å². The van der Waals surface area contributed by atoms with Crippen LogP contribution >= 0.6 is 0 Å². The number of benzene rings is 1. The van der Waals surface area contributed by atoms with Crippen molar-refractivity contribution in [3.63, 3.8) is 0 Å². The second-order valence-electron chi connectivity index (χ2n) is 6.95. The molecular formula is C20H27N3O8. The smallest absolute Gasteiger partial charge is 0.326 e. The maximum absolute atomic E-state index is 12.0. The Kier molecular flexibility index (Phi) is 10.5. The Morgan fingerprint density at radius 1 is 0.903 bits per heavy atom. The topological polar surface area (TPSA) is 182 Å². The largest absolute Gasteiger partial charge is 0.481 e. The highest BCUT2D eigenvalue weighted by Gasteiger charge is 2.24. The molecule has 0 unspecified atom stereocenters. The maximum Gasteiger partial charge on any atom is 0.326 e. The van der Waals surface area contributed by atoms with Crippen LogP contribution < -0.4 is 16.0 Å². The molecule has 6 N–H and O–H groups in total. The van der Waals surface area contributed by atoms with Gasteiger partial charge in [0, 0.05) is 18.5 Å². The summed E-state index contributed by atoms with van der Waals surface area (Å²) in [6, 6.07) is 3.35. The van der Waals surface area contributed by atoms with Crippen LogP contribution in [0.25, 0.3) is 0 Å². The Labute approximate surface area is 178 Å². The van der Waals surface area contributed by atoms with E-state index in [1.54, 1.807) is 18.2 Å². The van der Waals surface area contributed by atoms with Gasteiger partial charge in [-0.25, -0.2) is 14.4 Å². The normalized spacial score (nSPS) is 12.3. The number of hydrogen-bond acceptors (Lipinski definition) is 5. The van der Waals surface area contributed by atoms with E-state index in [4.69, 9.17) is 10.2 Å². The van der Waals surface area contributed by atoms with Crippen molar-refractivity contribution in [1.29, 1.82) is 0 Å². The van der Waals surface area contributed by atoms with Gasteiger partial charge in [0.25, 0.3) is 5.91 Å². The van der Waals surface area contributed by atoms with E-state index in [1.807, 2.05) is 13.0 Å². The lowest BCUT2D eigenvalue weighted by Crippen LogP contribution is -2.51. The molecule has 170 valence electrons. The first kappa shape index (κ1) is 25.4. The number of unbranched alkanes of at least 4 members (excludes halogenated alkanes) is 1. The summed E-state index contributed by atoms with van der Waals surface area (Å²) in [5, 5.41) is 33.9. The number of aliphatic carboxylic acids is 3. The first-order valence-electron chi connectivity index (χ1n) is 9.69. The summed E-state index contributed by atoms with van der Waals surface area (Å²) in [5.74, 6) is -4.17. The number of carbonyl (C=O) groups is 5. The van der Waals surface area contributed by atoms with Crippen LogP contribution in [0.5, 0.6) is 0 Å². The van der Waals surface area contributed by atoms with Gasteiger partial charge in [-0.1, -0.05) is 17.7 Å². The van der Waals surface area contributed by atoms with E-state index in [0.29, 0.717) is 24.9 Å². The first-order chi connectivity index (χ1) is 14.6. The molecule has 0 aromatic heterocycles. The number of urea groups is 1. The molecule has 1 aromatic carbocycles. The summed E-state index contributed by atoms with van der Waals surface area (Å²) in [5.41, 5.74) is 1.48. The summed E-state index contributed by atoms with van der Waals surface area (Å²) in [7, 11) is 0. The predicted octanol–water partition coefficient (Wildman–Crippen LogP) is 0.966. The van der Waals surface area contributed by atoms with Crippen molar-refractivity contribution in [3.05, 3.63) is 35.4 Å². The second kappa shape index (κ2) is 12.8. The fourth-order valence-electron chi connectivity index (χ4n) is 2.70. The minimum atomic E-state index is -1.46. The zero-order valence-electron chi connectivity index (χ0n) is 17.1. The van der Waals surface area contributed by atoms with Crippen LogP contribution in [0.1, 0.15) is 48.0 Å². The third kappa shape index (κ3) is 10.1. The van der Waals surface area contributed by atoms with E-state index < -0.39 is 42.4 Å². The second-order valence-corrected chi connectivity index (χ2v) is 6.95. The third-order valence-electron chi connectivity index (χ3n) is 4.34. The Hall–Kier alpha value is -3.63. The maximum atomic E-state index is 12.0. The summed E-state index contributed by atoms with van der Waals surface area (Å²) in [6.07, 6.45) is 0.119. The molecule has 0 bridgehead atoms. The highest BCUT2D eigenvalue weighted by atomic mass is 16.4. The van der Waals surface area contributed by atoms with Gasteiger partial charge in [-0.2, -0.15) is 0 Å². The van der Waals surface area contributed by atoms with Gasteiger partial charge in [-0.3, -0.25) is 9.59 Å². The Morgan fingerprint density at radius 3 is 2.06 bits per heavy atom. The van der Waals surface area contributed by atoms with Crippen LogP contribution in [0.15, 0.2) is 24.3 Å². The van der Waals surface area contributed by atoms with Crippen molar-refractivity contribution in [3.8, 4) is 0 Å². The van der Waals surface area contributed by atoms with Crippen LogP contribution in [0.3, 0.4) is 0 Å². The lowest BCUT2D eigenvalue weighted by Gasteiger charge is -2.18. The van der Waals surface area contributed by atoms with Gasteiger partial charge >= 0.3 is 23.9 Å². The highest BCUT2D eigenvalue weighted by molar-refractivity contribution is 5.94. The zero-order valence-corrected chi connectivity index (χ0v) is 17.1. The number of rotatable bonds is 13. The standard InChI is InChI=1S/C20H27N3O8/c1-12-5-4-6-13(11-12)17(26)21-10-3-2-7-14(18(27)28)22-20(31)23-15(19(29)30)8-9-16(24)25/h4-6,11,14-15H,2-3,7-10H2,1H3,(H,21,26)(H,24,25)(H,27,28)(H,29,30)(H2,22,23,31)/t14-,15-/m0/s1. The number of carboxylic acids is 3. The minimum absolute atomic E-state index is 0.0654. The number of nitrogens with one attached hydrogen (secondary N) is 3. The monoisotopic (exact) mass is 437 g/mol. The Bertz CT molecular complexity index is 811. The van der Waals surface area contributed by atoms with Crippen molar-refractivity contribution in [2.45, 2.75) is 51.1 Å². The van der Waals surface area contributed by atoms with Gasteiger partial charge in [-0.15, -0.1) is 0 Å². The number of amides is 3. The molecule has 0 spiro atoms. The van der Waals surface area contributed by atoms with Crippen molar-refractivity contribution < 1.29 is 39.3 Å². The number of aryl methyl sites for hydroxylation is 1. The van der Waals surface area contributed by atoms with E-state index in [2.05, 4.69) is 16.0 Å². The fraction of sp³-hybridized carbons (Fsp3) is 0.450. The van der Waals surface area contributed by atoms with Crippen LogP contribution in [0, 0.1) is 6.92 Å². The van der Waals surface area contributed by atoms with E-state index in [-0.39, 0.29) is 18.7 Å². The molecule has 0 radical (unpaired) electrons. The molecule has 0 aliphatic heterocycles. The first-order valence-corrected chi connectivity index (χ1v) is 9.69. The molecule has 11 nitrogen and oxygen atoms in total. The van der Waals surface area contributed by atoms with E-state index in [0.717, 1.165) is 5.56 Å². The van der Waals surface area contributed by atoms with Gasteiger partial charge in [-0.05, 0) is 44.7 Å². The fourth-order valence-corrected chi connectivity index (χ4v) is 2.70. The molecule has 0 heterocycles. The average molecular weight is 437 g/mol. The number of carboxylic acid groups (broad SMARTS) is 3. The molecule has 0 aliphatic rings. The SMILES string of the molecule is Cc1cccc(C(=O)NCCCC[C@H](NC(=O)N[C@@H](CCC(=O)O)C(=O)O)C(=O)O)c1. The summed E-state index contributed by atoms with van der Waals surface area (Å²) in [6.45, 7) is 2.19. The van der Waals surface area contributed by atoms with Crippen molar-refractivity contribution in [1.82, 2.24) is 16.0 Å². The molecule has 3 amide bonds. The zero-order chi connectivity index (χ0) is 23.4. The van der Waals surface area contributed by atoms with Gasteiger partial charge in [0.2, 0.25) is 0 Å². The minimum Gasteiger partial charge on any atom is -0.481 e. The van der Waals surface area contributed by atoms with Crippen molar-refractivity contribution in [2.75, 3.05) is 6.54 Å². The Balaban J connectivity index is 2.42. The molecule has 0 saturated carbocycles. The quantitative estimate of drug-likeness (QED) is 0.247. The van der Waals surface area contributed by atoms with E-state index in [1.165, 1.54) is 0 Å². The molecule has 0 aliphatic carbocycles. The lowest BCUT2D eigenvalue weighted by molar-refractivity contribution is -0.140. The molecule has 2 atom stereocenters. The van der Waals surface area contributed by atoms with Gasteiger partial charge in [0.15, 0.2) is 0 Å². The molecule has 0 fully saturated rings. The number of carbonyl (C=O) groups excluding carboxylic acids is 2. The highest BCUT2D eigenvalue weighted by Crippen LogP contribution is 2.05. The average Bonchev–Trinajstić information content (AvgIpc) is 2.69. The lowest BCUT2D eigenvalue weighted by atomic mass is 10.1. The van der Waals surface area contributed by atoms with Crippen molar-refractivity contribution >= 4 is 29.8 Å². The van der Waals surface area contributed by atoms with Gasteiger partial charge in [0.05, 0.1) is 0 Å². The summed E-state index contributed by atoms with van der Waals surface area (Å²) >= 11 is 0. The summed E-state index contributed by atoms with van der Waals surface area (Å²) in [4.78, 5) is 57.0. The Morgan fingerprint density at radius 2 is 1.52 bits per heavy atom.